The van der Waals surface area contributed by atoms with E-state index in [0.29, 0.717) is 5.75 Å². The van der Waals surface area contributed by atoms with E-state index in [1.807, 2.05) is 17.4 Å². The summed E-state index contributed by atoms with van der Waals surface area (Å²) in [6, 6.07) is 10.7. The molecule has 1 aromatic carbocycles. The molecule has 3 rings (SSSR count). The highest BCUT2D eigenvalue weighted by Gasteiger charge is 2.16. The van der Waals surface area contributed by atoms with Gasteiger partial charge in [-0.15, -0.1) is 23.1 Å². The molecule has 2 aromatic rings. The monoisotopic (exact) mass is 304 g/mol. The minimum absolute atomic E-state index is 0.0709. The largest absolute Gasteiger partial charge is 0.378 e. The lowest BCUT2D eigenvalue weighted by atomic mass is 10.2. The molecule has 5 heteroatoms. The molecule has 2 N–H and O–H groups in total. The summed E-state index contributed by atoms with van der Waals surface area (Å²) < 4.78 is 0. The van der Waals surface area contributed by atoms with Gasteiger partial charge in [-0.05, 0) is 44.2 Å². The van der Waals surface area contributed by atoms with Gasteiger partial charge >= 0.3 is 0 Å². The maximum Gasteiger partial charge on any atom is 0.234 e. The number of benzene rings is 1. The van der Waals surface area contributed by atoms with E-state index in [2.05, 4.69) is 48.7 Å². The van der Waals surface area contributed by atoms with Crippen LogP contribution in [0.25, 0.3) is 0 Å². The second-order valence-corrected chi connectivity index (χ2v) is 7.20. The summed E-state index contributed by atoms with van der Waals surface area (Å²) in [6.07, 6.45) is 0. The predicted molar refractivity (Wildman–Crippen MR) is 86.9 cm³/mol. The van der Waals surface area contributed by atoms with E-state index in [9.17, 15) is 4.79 Å². The molecule has 0 saturated heterocycles. The standard InChI is InChI=1S/C15H16N2OS2/c1-9-3-5-13(20-9)10(2)16-11-4-6-14-12(7-11)17-15(18)8-19-14/h3-7,10,16H,8H2,1-2H3,(H,17,18). The zero-order valence-corrected chi connectivity index (χ0v) is 13.0. The zero-order valence-electron chi connectivity index (χ0n) is 11.4. The number of carbonyl (C=O) groups excluding carboxylic acids is 1. The molecular formula is C15H16N2OS2. The Balaban J connectivity index is 1.78. The lowest BCUT2D eigenvalue weighted by molar-refractivity contribution is -0.113. The second kappa shape index (κ2) is 5.50. The third kappa shape index (κ3) is 2.83. The van der Waals surface area contributed by atoms with E-state index < -0.39 is 0 Å². The smallest absolute Gasteiger partial charge is 0.234 e. The number of thioether (sulfide) groups is 1. The van der Waals surface area contributed by atoms with Crippen LogP contribution >= 0.6 is 23.1 Å². The third-order valence-electron chi connectivity index (χ3n) is 3.18. The van der Waals surface area contributed by atoms with Crippen molar-refractivity contribution in [3.05, 3.63) is 40.1 Å². The summed E-state index contributed by atoms with van der Waals surface area (Å²) in [5, 5.41) is 6.41. The fourth-order valence-electron chi connectivity index (χ4n) is 2.18. The number of fused-ring (bicyclic) bond motifs is 1. The normalized spacial score (nSPS) is 15.4. The van der Waals surface area contributed by atoms with Crippen molar-refractivity contribution in [2.75, 3.05) is 16.4 Å². The van der Waals surface area contributed by atoms with Crippen molar-refractivity contribution in [3.63, 3.8) is 0 Å². The Hall–Kier alpha value is -1.46. The summed E-state index contributed by atoms with van der Waals surface area (Å²) >= 11 is 3.39. The molecule has 3 nitrogen and oxygen atoms in total. The van der Waals surface area contributed by atoms with Gasteiger partial charge in [-0.3, -0.25) is 4.79 Å². The van der Waals surface area contributed by atoms with Gasteiger partial charge in [0, 0.05) is 20.3 Å². The molecule has 20 heavy (non-hydrogen) atoms. The van der Waals surface area contributed by atoms with Crippen molar-refractivity contribution in [3.8, 4) is 0 Å². The number of hydrogen-bond acceptors (Lipinski definition) is 4. The molecule has 0 spiro atoms. The van der Waals surface area contributed by atoms with E-state index in [0.717, 1.165) is 16.3 Å². The fraction of sp³-hybridized carbons (Fsp3) is 0.267. The van der Waals surface area contributed by atoms with Crippen LogP contribution in [0.15, 0.2) is 35.2 Å². The number of aryl methyl sites for hydroxylation is 1. The number of rotatable bonds is 3. The van der Waals surface area contributed by atoms with Gasteiger partial charge in [0.25, 0.3) is 0 Å². The highest BCUT2D eigenvalue weighted by Crippen LogP contribution is 2.34. The van der Waals surface area contributed by atoms with Crippen LogP contribution in [0.1, 0.15) is 22.7 Å². The molecular weight excluding hydrogens is 288 g/mol. The van der Waals surface area contributed by atoms with Crippen LogP contribution in [0.3, 0.4) is 0 Å². The van der Waals surface area contributed by atoms with Crippen LogP contribution in [-0.2, 0) is 4.79 Å². The number of carbonyl (C=O) groups is 1. The number of amides is 1. The number of thiophene rings is 1. The molecule has 2 heterocycles. The van der Waals surface area contributed by atoms with E-state index in [4.69, 9.17) is 0 Å². The topological polar surface area (TPSA) is 41.1 Å². The van der Waals surface area contributed by atoms with Crippen LogP contribution < -0.4 is 10.6 Å². The quantitative estimate of drug-likeness (QED) is 0.889. The van der Waals surface area contributed by atoms with Crippen LogP contribution in [0.4, 0.5) is 11.4 Å². The SMILES string of the molecule is Cc1ccc(C(C)Nc2ccc3c(c2)NC(=O)CS3)s1. The molecule has 1 aliphatic heterocycles. The van der Waals surface area contributed by atoms with Gasteiger partial charge in [0.1, 0.15) is 0 Å². The van der Waals surface area contributed by atoms with Crippen LogP contribution in [0.2, 0.25) is 0 Å². The maximum atomic E-state index is 11.4. The Morgan fingerprint density at radius 1 is 1.30 bits per heavy atom. The fourth-order valence-corrected chi connectivity index (χ4v) is 3.85. The molecule has 1 amide bonds. The average Bonchev–Trinajstić information content (AvgIpc) is 2.85. The van der Waals surface area contributed by atoms with Gasteiger partial charge in [0.2, 0.25) is 5.91 Å². The van der Waals surface area contributed by atoms with Gasteiger partial charge in [0.05, 0.1) is 17.5 Å². The number of anilines is 2. The molecule has 0 fully saturated rings. The van der Waals surface area contributed by atoms with Gasteiger partial charge in [0.15, 0.2) is 0 Å². The van der Waals surface area contributed by atoms with Crippen molar-refractivity contribution in [1.82, 2.24) is 0 Å². The van der Waals surface area contributed by atoms with Crippen molar-refractivity contribution in [1.29, 1.82) is 0 Å². The van der Waals surface area contributed by atoms with Crippen LogP contribution in [-0.4, -0.2) is 11.7 Å². The molecule has 0 saturated carbocycles. The van der Waals surface area contributed by atoms with E-state index in [-0.39, 0.29) is 11.9 Å². The summed E-state index contributed by atoms with van der Waals surface area (Å²) in [6.45, 7) is 4.27. The number of hydrogen-bond donors (Lipinski definition) is 2. The predicted octanol–water partition coefficient (Wildman–Crippen LogP) is 4.27. The summed E-state index contributed by atoms with van der Waals surface area (Å²) in [7, 11) is 0. The van der Waals surface area contributed by atoms with Gasteiger partial charge in [-0.2, -0.15) is 0 Å². The molecule has 1 aromatic heterocycles. The molecule has 104 valence electrons. The highest BCUT2D eigenvalue weighted by atomic mass is 32.2. The first kappa shape index (κ1) is 13.5. The highest BCUT2D eigenvalue weighted by molar-refractivity contribution is 8.00. The minimum Gasteiger partial charge on any atom is -0.378 e. The van der Waals surface area contributed by atoms with Crippen molar-refractivity contribution in [2.24, 2.45) is 0 Å². The Labute approximate surface area is 126 Å². The summed E-state index contributed by atoms with van der Waals surface area (Å²) in [5.41, 5.74) is 1.94. The van der Waals surface area contributed by atoms with Crippen molar-refractivity contribution < 1.29 is 4.79 Å². The van der Waals surface area contributed by atoms with E-state index >= 15 is 0 Å². The molecule has 0 radical (unpaired) electrons. The molecule has 1 unspecified atom stereocenters. The Morgan fingerprint density at radius 2 is 2.15 bits per heavy atom. The number of nitrogens with one attached hydrogen (secondary N) is 2. The first-order chi connectivity index (χ1) is 9.61. The third-order valence-corrected chi connectivity index (χ3v) is 5.44. The molecule has 0 bridgehead atoms. The zero-order chi connectivity index (χ0) is 14.1. The van der Waals surface area contributed by atoms with Gasteiger partial charge in [-0.1, -0.05) is 0 Å². The summed E-state index contributed by atoms with van der Waals surface area (Å²) in [4.78, 5) is 15.2. The first-order valence-corrected chi connectivity index (χ1v) is 8.31. The van der Waals surface area contributed by atoms with Crippen LogP contribution in [0.5, 0.6) is 0 Å². The Kier molecular flexibility index (Phi) is 3.72. The lowest BCUT2D eigenvalue weighted by Gasteiger charge is -2.19. The van der Waals surface area contributed by atoms with Crippen molar-refractivity contribution >= 4 is 40.4 Å². The van der Waals surface area contributed by atoms with E-state index in [1.165, 1.54) is 9.75 Å². The molecule has 0 aliphatic carbocycles. The van der Waals surface area contributed by atoms with Gasteiger partial charge < -0.3 is 10.6 Å². The average molecular weight is 304 g/mol. The molecule has 1 atom stereocenters. The van der Waals surface area contributed by atoms with Gasteiger partial charge in [-0.25, -0.2) is 0 Å². The Morgan fingerprint density at radius 3 is 2.90 bits per heavy atom. The second-order valence-electron chi connectivity index (χ2n) is 4.86. The molecule has 1 aliphatic rings. The Bertz CT molecular complexity index is 651. The minimum atomic E-state index is 0.0709. The van der Waals surface area contributed by atoms with Crippen LogP contribution in [0, 0.1) is 6.92 Å². The van der Waals surface area contributed by atoms with Crippen molar-refractivity contribution in [2.45, 2.75) is 24.8 Å². The lowest BCUT2D eigenvalue weighted by Crippen LogP contribution is -2.18. The maximum absolute atomic E-state index is 11.4. The first-order valence-electron chi connectivity index (χ1n) is 6.51. The summed E-state index contributed by atoms with van der Waals surface area (Å²) in [5.74, 6) is 0.576. The van der Waals surface area contributed by atoms with E-state index in [1.54, 1.807) is 11.8 Å².